The molecule has 2 aromatic carbocycles. The number of hydrogen-bond donors (Lipinski definition) is 0. The molecule has 29 heavy (non-hydrogen) atoms. The zero-order valence-corrected chi connectivity index (χ0v) is 17.8. The summed E-state index contributed by atoms with van der Waals surface area (Å²) >= 11 is 0. The molecule has 2 aromatic rings. The van der Waals surface area contributed by atoms with Crippen molar-refractivity contribution in [1.82, 2.24) is 4.90 Å². The van der Waals surface area contributed by atoms with Crippen molar-refractivity contribution in [2.24, 2.45) is 0 Å². The van der Waals surface area contributed by atoms with E-state index in [0.29, 0.717) is 37.5 Å². The zero-order chi connectivity index (χ0) is 21.2. The molecule has 0 unspecified atom stereocenters. The number of sulfonamides is 1. The van der Waals surface area contributed by atoms with Crippen LogP contribution in [-0.4, -0.2) is 46.0 Å². The van der Waals surface area contributed by atoms with E-state index in [-0.39, 0.29) is 16.4 Å². The van der Waals surface area contributed by atoms with Crippen LogP contribution in [-0.2, 0) is 16.4 Å². The normalized spacial score (nSPS) is 13.1. The zero-order valence-electron chi connectivity index (χ0n) is 17.0. The Hall–Kier alpha value is -2.80. The number of likely N-dealkylation sites (N-methyl/N-ethyl adjacent to an activating group) is 1. The number of para-hydroxylation sites is 1. The van der Waals surface area contributed by atoms with Gasteiger partial charge in [0.2, 0.25) is 0 Å². The van der Waals surface area contributed by atoms with Gasteiger partial charge in [0.05, 0.1) is 23.3 Å². The van der Waals surface area contributed by atoms with Gasteiger partial charge in [-0.1, -0.05) is 30.4 Å². The van der Waals surface area contributed by atoms with Crippen LogP contribution in [0.1, 0.15) is 29.8 Å². The molecular weight excluding hydrogens is 388 g/mol. The fourth-order valence-electron chi connectivity index (χ4n) is 3.52. The van der Waals surface area contributed by atoms with Gasteiger partial charge in [-0.05, 0) is 50.1 Å². The van der Waals surface area contributed by atoms with Gasteiger partial charge in [0.25, 0.3) is 15.9 Å². The minimum atomic E-state index is -3.80. The summed E-state index contributed by atoms with van der Waals surface area (Å²) in [6, 6.07) is 11.9. The Morgan fingerprint density at radius 3 is 2.62 bits per heavy atom. The summed E-state index contributed by atoms with van der Waals surface area (Å²) in [6.45, 7) is 8.84. The minimum absolute atomic E-state index is 0.0738. The lowest BCUT2D eigenvalue weighted by Crippen LogP contribution is -2.33. The molecule has 0 atom stereocenters. The Bertz CT molecular complexity index is 1050. The topological polar surface area (TPSA) is 66.9 Å². The molecule has 1 aliphatic rings. The molecule has 0 saturated carbocycles. The molecule has 1 aliphatic heterocycles. The second kappa shape index (κ2) is 8.29. The van der Waals surface area contributed by atoms with Gasteiger partial charge in [-0.3, -0.25) is 9.10 Å². The molecule has 0 aliphatic carbocycles. The molecule has 1 amide bonds. The molecule has 1 heterocycles. The number of ether oxygens (including phenoxy) is 1. The van der Waals surface area contributed by atoms with Crippen LogP contribution in [0.4, 0.5) is 5.69 Å². The highest BCUT2D eigenvalue weighted by atomic mass is 32.2. The second-order valence-corrected chi connectivity index (χ2v) is 8.96. The first-order valence-electron chi connectivity index (χ1n) is 9.52. The largest absolute Gasteiger partial charge is 0.496 e. The first-order valence-corrected chi connectivity index (χ1v) is 11.0. The van der Waals surface area contributed by atoms with E-state index in [1.807, 2.05) is 32.0 Å². The van der Waals surface area contributed by atoms with E-state index in [0.717, 1.165) is 11.1 Å². The number of hydrogen-bond acceptors (Lipinski definition) is 4. The summed E-state index contributed by atoms with van der Waals surface area (Å²) in [5, 5.41) is 0. The molecule has 0 saturated heterocycles. The van der Waals surface area contributed by atoms with E-state index < -0.39 is 10.0 Å². The van der Waals surface area contributed by atoms with Crippen LogP contribution in [0.2, 0.25) is 0 Å². The quantitative estimate of drug-likeness (QED) is 0.651. The molecule has 0 aromatic heterocycles. The van der Waals surface area contributed by atoms with E-state index in [1.54, 1.807) is 11.0 Å². The van der Waals surface area contributed by atoms with Gasteiger partial charge in [0.1, 0.15) is 5.75 Å². The Morgan fingerprint density at radius 2 is 1.97 bits per heavy atom. The van der Waals surface area contributed by atoms with E-state index in [4.69, 9.17) is 4.74 Å². The number of carbonyl (C=O) groups excluding carboxylic acids is 1. The lowest BCUT2D eigenvalue weighted by molar-refractivity contribution is 0.0774. The van der Waals surface area contributed by atoms with Gasteiger partial charge in [0, 0.05) is 19.6 Å². The van der Waals surface area contributed by atoms with Crippen molar-refractivity contribution in [3.63, 3.8) is 0 Å². The summed E-state index contributed by atoms with van der Waals surface area (Å²) in [4.78, 5) is 14.8. The van der Waals surface area contributed by atoms with Gasteiger partial charge in [0.15, 0.2) is 0 Å². The van der Waals surface area contributed by atoms with Crippen molar-refractivity contribution in [3.05, 3.63) is 65.7 Å². The van der Waals surface area contributed by atoms with Gasteiger partial charge in [-0.25, -0.2) is 8.42 Å². The summed E-state index contributed by atoms with van der Waals surface area (Å²) in [7, 11) is -2.33. The summed E-state index contributed by atoms with van der Waals surface area (Å²) < 4.78 is 33.4. The van der Waals surface area contributed by atoms with E-state index in [9.17, 15) is 13.2 Å². The second-order valence-electron chi connectivity index (χ2n) is 7.09. The van der Waals surface area contributed by atoms with Crippen LogP contribution in [0.5, 0.6) is 5.75 Å². The third kappa shape index (κ3) is 4.00. The number of methoxy groups -OCH3 is 1. The highest BCUT2D eigenvalue weighted by molar-refractivity contribution is 7.92. The van der Waals surface area contributed by atoms with E-state index >= 15 is 0 Å². The molecule has 0 fully saturated rings. The Balaban J connectivity index is 2.02. The number of carbonyl (C=O) groups is 1. The van der Waals surface area contributed by atoms with Crippen molar-refractivity contribution in [2.75, 3.05) is 31.0 Å². The number of rotatable bonds is 7. The predicted octanol–water partition coefficient (Wildman–Crippen LogP) is 3.48. The van der Waals surface area contributed by atoms with Crippen molar-refractivity contribution in [2.45, 2.75) is 25.2 Å². The molecule has 7 heteroatoms. The Kier molecular flexibility index (Phi) is 5.98. The van der Waals surface area contributed by atoms with Crippen molar-refractivity contribution < 1.29 is 17.9 Å². The smallest absolute Gasteiger partial charge is 0.264 e. The van der Waals surface area contributed by atoms with Gasteiger partial charge in [-0.15, -0.1) is 0 Å². The Morgan fingerprint density at radius 1 is 1.24 bits per heavy atom. The molecule has 0 spiro atoms. The standard InChI is InChI=1S/C22H26N2O4S/c1-5-23(15-16(2)3)22(25)19-14-18(10-11-21(19)28-4)29(26,27)24-13-12-17-8-6-7-9-20(17)24/h6-11,14H,2,5,12-13,15H2,1,3-4H3. The molecule has 0 N–H and O–H groups in total. The van der Waals surface area contributed by atoms with Gasteiger partial charge in [-0.2, -0.15) is 0 Å². The van der Waals surface area contributed by atoms with Crippen molar-refractivity contribution in [3.8, 4) is 5.75 Å². The molecule has 154 valence electrons. The maximum absolute atomic E-state index is 13.3. The number of benzene rings is 2. The van der Waals surface area contributed by atoms with Gasteiger partial charge < -0.3 is 9.64 Å². The van der Waals surface area contributed by atoms with E-state index in [2.05, 4.69) is 6.58 Å². The van der Waals surface area contributed by atoms with Crippen LogP contribution in [0.15, 0.2) is 59.5 Å². The number of fused-ring (bicyclic) bond motifs is 1. The highest BCUT2D eigenvalue weighted by Gasteiger charge is 2.32. The van der Waals surface area contributed by atoms with Crippen molar-refractivity contribution >= 4 is 21.6 Å². The molecular formula is C22H26N2O4S. The monoisotopic (exact) mass is 414 g/mol. The third-order valence-corrected chi connectivity index (χ3v) is 6.77. The van der Waals surface area contributed by atoms with Crippen LogP contribution < -0.4 is 9.04 Å². The lowest BCUT2D eigenvalue weighted by atomic mass is 10.1. The van der Waals surface area contributed by atoms with Crippen LogP contribution in [0, 0.1) is 0 Å². The van der Waals surface area contributed by atoms with Crippen molar-refractivity contribution in [1.29, 1.82) is 0 Å². The van der Waals surface area contributed by atoms with Gasteiger partial charge >= 0.3 is 0 Å². The first-order chi connectivity index (χ1) is 13.8. The number of amides is 1. The summed E-state index contributed by atoms with van der Waals surface area (Å²) in [5.74, 6) is 0.0576. The predicted molar refractivity (Wildman–Crippen MR) is 114 cm³/mol. The maximum atomic E-state index is 13.3. The average molecular weight is 415 g/mol. The first kappa shape index (κ1) is 20.9. The fourth-order valence-corrected chi connectivity index (χ4v) is 5.05. The summed E-state index contributed by atoms with van der Waals surface area (Å²) in [6.07, 6.45) is 0.666. The maximum Gasteiger partial charge on any atom is 0.264 e. The lowest BCUT2D eigenvalue weighted by Gasteiger charge is -2.23. The molecule has 3 rings (SSSR count). The molecule has 6 nitrogen and oxygen atoms in total. The highest BCUT2D eigenvalue weighted by Crippen LogP contribution is 2.34. The van der Waals surface area contributed by atoms with E-state index in [1.165, 1.54) is 29.6 Å². The Labute approximate surface area is 172 Å². The molecule has 0 radical (unpaired) electrons. The summed E-state index contributed by atoms with van der Waals surface area (Å²) in [5.41, 5.74) is 2.76. The molecule has 0 bridgehead atoms. The SMILES string of the molecule is C=C(C)CN(CC)C(=O)c1cc(S(=O)(=O)N2CCc3ccccc32)ccc1OC. The average Bonchev–Trinajstić information content (AvgIpc) is 3.15. The fraction of sp³-hybridized carbons (Fsp3) is 0.318. The van der Waals surface area contributed by atoms with Crippen LogP contribution in [0.3, 0.4) is 0 Å². The minimum Gasteiger partial charge on any atom is -0.496 e. The number of nitrogens with zero attached hydrogens (tertiary/aromatic N) is 2. The van der Waals surface area contributed by atoms with Crippen LogP contribution in [0.25, 0.3) is 0 Å². The third-order valence-electron chi connectivity index (χ3n) is 4.96. The number of anilines is 1. The van der Waals surface area contributed by atoms with Crippen LogP contribution >= 0.6 is 0 Å².